The smallest absolute Gasteiger partial charge is 0.275 e. The Hall–Kier alpha value is -4.39. The van der Waals surface area contributed by atoms with E-state index in [0.717, 1.165) is 75.5 Å². The van der Waals surface area contributed by atoms with E-state index in [4.69, 9.17) is 5.73 Å². The number of carbonyl (C=O) groups is 3. The van der Waals surface area contributed by atoms with E-state index < -0.39 is 17.9 Å². The van der Waals surface area contributed by atoms with Crippen LogP contribution in [0.3, 0.4) is 0 Å². The third kappa shape index (κ3) is 5.62. The molecule has 3 aliphatic heterocycles. The second-order valence-electron chi connectivity index (χ2n) is 11.0. The van der Waals surface area contributed by atoms with Crippen LogP contribution in [0.5, 0.6) is 0 Å². The summed E-state index contributed by atoms with van der Waals surface area (Å²) >= 11 is 0. The van der Waals surface area contributed by atoms with Crippen molar-refractivity contribution in [3.63, 3.8) is 0 Å². The standard InChI is InChI=1S/C28H33N9O4/c29-26(39)22-15-31-24(16-30-22)36-7-5-18(6-8-36)17-34-9-11-35(12-10-34)20-1-2-21-19(13-20)14-32-37(28(21)41)23-3-4-25(38)33-27(23)40/h1-2,13-16,18,23H,3-12,17H2,(H2,29,39)(H,33,38,40)/t23-/m1/s1. The Labute approximate surface area is 236 Å². The molecule has 3 N–H and O–H groups in total. The van der Waals surface area contributed by atoms with Crippen LogP contribution in [0.25, 0.3) is 10.8 Å². The van der Waals surface area contributed by atoms with E-state index in [-0.39, 0.29) is 30.0 Å². The third-order valence-electron chi connectivity index (χ3n) is 8.38. The van der Waals surface area contributed by atoms with Crippen LogP contribution in [-0.4, -0.2) is 88.2 Å². The molecule has 3 aromatic rings. The van der Waals surface area contributed by atoms with Gasteiger partial charge >= 0.3 is 0 Å². The second-order valence-corrected chi connectivity index (χ2v) is 11.0. The van der Waals surface area contributed by atoms with Gasteiger partial charge in [0.1, 0.15) is 17.6 Å². The molecule has 0 radical (unpaired) electrons. The number of benzene rings is 1. The van der Waals surface area contributed by atoms with Crippen LogP contribution in [0.2, 0.25) is 0 Å². The molecule has 2 aromatic heterocycles. The van der Waals surface area contributed by atoms with Crippen LogP contribution in [-0.2, 0) is 9.59 Å². The number of aromatic nitrogens is 4. The lowest BCUT2D eigenvalue weighted by Gasteiger charge is -2.39. The Morgan fingerprint density at radius 2 is 1.71 bits per heavy atom. The molecule has 13 nitrogen and oxygen atoms in total. The largest absolute Gasteiger partial charge is 0.369 e. The number of nitrogens with one attached hydrogen (secondary N) is 1. The number of hydrogen-bond acceptors (Lipinski definition) is 10. The van der Waals surface area contributed by atoms with E-state index in [9.17, 15) is 19.2 Å². The molecule has 6 rings (SSSR count). The molecule has 1 aromatic carbocycles. The monoisotopic (exact) mass is 559 g/mol. The first-order valence-electron chi connectivity index (χ1n) is 14.0. The highest BCUT2D eigenvalue weighted by molar-refractivity contribution is 5.99. The van der Waals surface area contributed by atoms with E-state index in [1.165, 1.54) is 10.9 Å². The number of primary amides is 1. The lowest BCUT2D eigenvalue weighted by Crippen LogP contribution is -2.49. The quantitative estimate of drug-likeness (QED) is 0.402. The van der Waals surface area contributed by atoms with Crippen molar-refractivity contribution in [1.82, 2.24) is 30.0 Å². The van der Waals surface area contributed by atoms with Gasteiger partial charge in [0.25, 0.3) is 17.4 Å². The molecule has 0 bridgehead atoms. The molecule has 214 valence electrons. The molecule has 3 aliphatic rings. The summed E-state index contributed by atoms with van der Waals surface area (Å²) < 4.78 is 1.19. The molecular formula is C28H33N9O4. The SMILES string of the molecule is NC(=O)c1cnc(N2CCC(CN3CCN(c4ccc5c(=O)n([C@@H]6CCC(=O)NC6=O)ncc5c4)CC3)CC2)cn1. The van der Waals surface area contributed by atoms with E-state index in [0.29, 0.717) is 11.3 Å². The number of carbonyl (C=O) groups excluding carboxylic acids is 3. The van der Waals surface area contributed by atoms with Gasteiger partial charge in [-0.3, -0.25) is 29.4 Å². The minimum absolute atomic E-state index is 0.177. The van der Waals surface area contributed by atoms with Crippen molar-refractivity contribution in [2.75, 3.05) is 55.6 Å². The maximum Gasteiger partial charge on any atom is 0.275 e. The normalized spacial score (nSPS) is 20.8. The molecule has 3 fully saturated rings. The van der Waals surface area contributed by atoms with Crippen molar-refractivity contribution in [3.05, 3.63) is 52.8 Å². The molecular weight excluding hydrogens is 526 g/mol. The number of rotatable bonds is 6. The van der Waals surface area contributed by atoms with Crippen molar-refractivity contribution >= 4 is 40.0 Å². The first kappa shape index (κ1) is 26.8. The molecule has 1 atom stereocenters. The molecule has 0 aliphatic carbocycles. The summed E-state index contributed by atoms with van der Waals surface area (Å²) in [6, 6.07) is 4.99. The van der Waals surface area contributed by atoms with E-state index >= 15 is 0 Å². The van der Waals surface area contributed by atoms with Crippen molar-refractivity contribution in [2.45, 2.75) is 31.7 Å². The van der Waals surface area contributed by atoms with E-state index in [1.807, 2.05) is 18.2 Å². The molecule has 3 amide bonds. The highest BCUT2D eigenvalue weighted by Crippen LogP contribution is 2.25. The number of nitrogens with two attached hydrogens (primary N) is 1. The van der Waals surface area contributed by atoms with Gasteiger partial charge in [0, 0.05) is 63.3 Å². The third-order valence-corrected chi connectivity index (χ3v) is 8.38. The highest BCUT2D eigenvalue weighted by Gasteiger charge is 2.30. The lowest BCUT2D eigenvalue weighted by atomic mass is 9.96. The van der Waals surface area contributed by atoms with Crippen LogP contribution in [0, 0.1) is 5.92 Å². The van der Waals surface area contributed by atoms with Gasteiger partial charge < -0.3 is 15.5 Å². The van der Waals surface area contributed by atoms with Gasteiger partial charge in [-0.15, -0.1) is 0 Å². The summed E-state index contributed by atoms with van der Waals surface area (Å²) in [6.07, 6.45) is 7.30. The first-order valence-corrected chi connectivity index (χ1v) is 14.0. The number of hydrogen-bond donors (Lipinski definition) is 2. The fourth-order valence-electron chi connectivity index (χ4n) is 6.00. The number of amides is 3. The van der Waals surface area contributed by atoms with Crippen LogP contribution >= 0.6 is 0 Å². The molecule has 0 spiro atoms. The zero-order chi connectivity index (χ0) is 28.5. The van der Waals surface area contributed by atoms with Crippen LogP contribution in [0.1, 0.15) is 42.2 Å². The minimum atomic E-state index is -0.770. The number of anilines is 2. The Morgan fingerprint density at radius 3 is 2.39 bits per heavy atom. The average molecular weight is 560 g/mol. The van der Waals surface area contributed by atoms with Gasteiger partial charge in [-0.2, -0.15) is 5.10 Å². The molecule has 13 heteroatoms. The summed E-state index contributed by atoms with van der Waals surface area (Å²) in [5.41, 5.74) is 6.16. The van der Waals surface area contributed by atoms with Crippen molar-refractivity contribution in [3.8, 4) is 0 Å². The number of fused-ring (bicyclic) bond motifs is 1. The van der Waals surface area contributed by atoms with Crippen LogP contribution in [0.15, 0.2) is 41.6 Å². The summed E-state index contributed by atoms with van der Waals surface area (Å²) in [7, 11) is 0. The van der Waals surface area contributed by atoms with Crippen LogP contribution < -0.4 is 26.4 Å². The summed E-state index contributed by atoms with van der Waals surface area (Å²) in [5.74, 6) is 0.0187. The predicted octanol–water partition coefficient (Wildman–Crippen LogP) is 0.302. The molecule has 5 heterocycles. The summed E-state index contributed by atoms with van der Waals surface area (Å²) in [6.45, 7) is 6.61. The maximum absolute atomic E-state index is 13.1. The highest BCUT2D eigenvalue weighted by atomic mass is 16.2. The summed E-state index contributed by atoms with van der Waals surface area (Å²) in [4.78, 5) is 63.6. The fourth-order valence-corrected chi connectivity index (χ4v) is 6.00. The number of nitrogens with zero attached hydrogens (tertiary/aromatic N) is 7. The Balaban J connectivity index is 1.02. The number of piperazine rings is 1. The molecule has 41 heavy (non-hydrogen) atoms. The predicted molar refractivity (Wildman–Crippen MR) is 152 cm³/mol. The Bertz CT molecular complexity index is 1520. The van der Waals surface area contributed by atoms with Gasteiger partial charge in [-0.05, 0) is 43.4 Å². The Kier molecular flexibility index (Phi) is 7.35. The topological polar surface area (TPSA) is 160 Å². The van der Waals surface area contributed by atoms with Gasteiger partial charge in [0.05, 0.1) is 24.0 Å². The van der Waals surface area contributed by atoms with E-state index in [2.05, 4.69) is 35.1 Å². The zero-order valence-corrected chi connectivity index (χ0v) is 22.7. The zero-order valence-electron chi connectivity index (χ0n) is 22.7. The van der Waals surface area contributed by atoms with Gasteiger partial charge in [0.2, 0.25) is 5.91 Å². The van der Waals surface area contributed by atoms with E-state index in [1.54, 1.807) is 12.4 Å². The fraction of sp³-hybridized carbons (Fsp3) is 0.464. The van der Waals surface area contributed by atoms with Crippen molar-refractivity contribution in [1.29, 1.82) is 0 Å². The van der Waals surface area contributed by atoms with Crippen molar-refractivity contribution < 1.29 is 14.4 Å². The summed E-state index contributed by atoms with van der Waals surface area (Å²) in [5, 5.41) is 7.81. The van der Waals surface area contributed by atoms with Crippen molar-refractivity contribution in [2.24, 2.45) is 11.7 Å². The molecule has 0 unspecified atom stereocenters. The number of piperidine rings is 2. The number of imide groups is 1. The lowest BCUT2D eigenvalue weighted by molar-refractivity contribution is -0.136. The molecule has 3 saturated heterocycles. The average Bonchev–Trinajstić information content (AvgIpc) is 2.98. The van der Waals surface area contributed by atoms with Gasteiger partial charge in [-0.1, -0.05) is 0 Å². The Morgan fingerprint density at radius 1 is 0.927 bits per heavy atom. The minimum Gasteiger partial charge on any atom is -0.369 e. The first-order chi connectivity index (χ1) is 19.9. The maximum atomic E-state index is 13.1. The van der Waals surface area contributed by atoms with Crippen LogP contribution in [0.4, 0.5) is 11.5 Å². The van der Waals surface area contributed by atoms with Gasteiger partial charge in [0.15, 0.2) is 0 Å². The second kappa shape index (κ2) is 11.2. The molecule has 0 saturated carbocycles. The van der Waals surface area contributed by atoms with Gasteiger partial charge in [-0.25, -0.2) is 14.6 Å².